The van der Waals surface area contributed by atoms with E-state index in [-0.39, 0.29) is 12.0 Å². The molecule has 1 unspecified atom stereocenters. The summed E-state index contributed by atoms with van der Waals surface area (Å²) >= 11 is 0. The van der Waals surface area contributed by atoms with Crippen molar-refractivity contribution in [1.29, 1.82) is 0 Å². The molecular formula is C14H19N3O2. The Kier molecular flexibility index (Phi) is 3.85. The maximum atomic E-state index is 11.4. The van der Waals surface area contributed by atoms with Gasteiger partial charge in [0.25, 0.3) is 0 Å². The number of nitrogens with one attached hydrogen (secondary N) is 1. The van der Waals surface area contributed by atoms with E-state index in [1.54, 1.807) is 0 Å². The number of aryl methyl sites for hydroxylation is 2. The van der Waals surface area contributed by atoms with Gasteiger partial charge >= 0.3 is 5.97 Å². The molecule has 0 amide bonds. The van der Waals surface area contributed by atoms with Gasteiger partial charge in [-0.05, 0) is 31.7 Å². The minimum Gasteiger partial charge on any atom is -0.469 e. The van der Waals surface area contributed by atoms with Gasteiger partial charge in [-0.15, -0.1) is 0 Å². The average Bonchev–Trinajstić information content (AvgIpc) is 2.70. The summed E-state index contributed by atoms with van der Waals surface area (Å²) in [5.41, 5.74) is 3.08. The van der Waals surface area contributed by atoms with Crippen molar-refractivity contribution in [2.75, 3.05) is 14.2 Å². The van der Waals surface area contributed by atoms with Crippen molar-refractivity contribution < 1.29 is 9.53 Å². The van der Waals surface area contributed by atoms with Crippen molar-refractivity contribution in [2.24, 2.45) is 7.05 Å². The van der Waals surface area contributed by atoms with E-state index >= 15 is 0 Å². The molecule has 1 heterocycles. The smallest absolute Gasteiger partial charge is 0.307 e. The topological polar surface area (TPSA) is 56.1 Å². The first-order valence-electron chi connectivity index (χ1n) is 6.24. The van der Waals surface area contributed by atoms with E-state index < -0.39 is 0 Å². The quantitative estimate of drug-likeness (QED) is 0.851. The van der Waals surface area contributed by atoms with E-state index in [1.807, 2.05) is 43.8 Å². The molecular weight excluding hydrogens is 242 g/mol. The standard InChI is InChI=1S/C14H19N3O2/c1-9-16-12-7-10(5-6-13(12)17(9)3)11(15-2)8-14(18)19-4/h5-7,11,15H,8H2,1-4H3. The molecule has 0 saturated carbocycles. The first kappa shape index (κ1) is 13.5. The molecule has 0 radical (unpaired) electrons. The lowest BCUT2D eigenvalue weighted by Crippen LogP contribution is -2.20. The maximum Gasteiger partial charge on any atom is 0.307 e. The molecule has 19 heavy (non-hydrogen) atoms. The zero-order valence-electron chi connectivity index (χ0n) is 11.7. The summed E-state index contributed by atoms with van der Waals surface area (Å²) in [5.74, 6) is 0.748. The molecule has 102 valence electrons. The van der Waals surface area contributed by atoms with Gasteiger partial charge in [0.15, 0.2) is 0 Å². The van der Waals surface area contributed by atoms with E-state index in [0.29, 0.717) is 6.42 Å². The molecule has 1 aromatic heterocycles. The third-order valence-corrected chi connectivity index (χ3v) is 3.48. The maximum absolute atomic E-state index is 11.4. The molecule has 1 aromatic carbocycles. The van der Waals surface area contributed by atoms with Crippen LogP contribution in [-0.4, -0.2) is 29.7 Å². The third-order valence-electron chi connectivity index (χ3n) is 3.48. The summed E-state index contributed by atoms with van der Waals surface area (Å²) in [7, 11) is 5.23. The number of hydrogen-bond acceptors (Lipinski definition) is 4. The first-order chi connectivity index (χ1) is 9.06. The van der Waals surface area contributed by atoms with E-state index in [4.69, 9.17) is 4.74 Å². The fourth-order valence-electron chi connectivity index (χ4n) is 2.19. The lowest BCUT2D eigenvalue weighted by molar-refractivity contribution is -0.141. The minimum atomic E-state index is -0.225. The molecule has 5 nitrogen and oxygen atoms in total. The zero-order chi connectivity index (χ0) is 14.0. The summed E-state index contributed by atoms with van der Waals surface area (Å²) in [5, 5.41) is 3.13. The third kappa shape index (κ3) is 2.61. The Morgan fingerprint density at radius 3 is 2.89 bits per heavy atom. The normalized spacial score (nSPS) is 12.6. The number of carbonyl (C=O) groups excluding carboxylic acids is 1. The van der Waals surface area contributed by atoms with E-state index in [1.165, 1.54) is 7.11 Å². The Hall–Kier alpha value is -1.88. The molecule has 2 aromatic rings. The van der Waals surface area contributed by atoms with Crippen molar-refractivity contribution in [3.05, 3.63) is 29.6 Å². The van der Waals surface area contributed by atoms with Crippen molar-refractivity contribution in [1.82, 2.24) is 14.9 Å². The van der Waals surface area contributed by atoms with Gasteiger partial charge in [-0.2, -0.15) is 0 Å². The molecule has 0 fully saturated rings. The van der Waals surface area contributed by atoms with Crippen LogP contribution in [0.1, 0.15) is 23.9 Å². The van der Waals surface area contributed by atoms with Crippen LogP contribution in [0.2, 0.25) is 0 Å². The number of benzene rings is 1. The predicted octanol–water partition coefficient (Wildman–Crippen LogP) is 1.71. The van der Waals surface area contributed by atoms with E-state index in [9.17, 15) is 4.79 Å². The molecule has 2 rings (SSSR count). The van der Waals surface area contributed by atoms with Gasteiger partial charge in [-0.25, -0.2) is 4.98 Å². The van der Waals surface area contributed by atoms with Crippen LogP contribution in [-0.2, 0) is 16.6 Å². The summed E-state index contributed by atoms with van der Waals surface area (Å²) in [6.45, 7) is 1.98. The van der Waals surface area contributed by atoms with Crippen LogP contribution in [0.4, 0.5) is 0 Å². The number of carbonyl (C=O) groups is 1. The Morgan fingerprint density at radius 1 is 1.53 bits per heavy atom. The Labute approximate surface area is 112 Å². The Balaban J connectivity index is 2.36. The highest BCUT2D eigenvalue weighted by Crippen LogP contribution is 2.22. The number of esters is 1. The van der Waals surface area contributed by atoms with Crippen LogP contribution in [0.3, 0.4) is 0 Å². The highest BCUT2D eigenvalue weighted by molar-refractivity contribution is 5.77. The molecule has 1 N–H and O–H groups in total. The lowest BCUT2D eigenvalue weighted by Gasteiger charge is -2.15. The molecule has 0 bridgehead atoms. The van der Waals surface area contributed by atoms with Crippen LogP contribution in [0, 0.1) is 6.92 Å². The van der Waals surface area contributed by atoms with E-state index in [2.05, 4.69) is 10.3 Å². The number of rotatable bonds is 4. The highest BCUT2D eigenvalue weighted by Gasteiger charge is 2.16. The van der Waals surface area contributed by atoms with Crippen molar-refractivity contribution >= 4 is 17.0 Å². The largest absolute Gasteiger partial charge is 0.469 e. The van der Waals surface area contributed by atoms with Gasteiger partial charge in [0.2, 0.25) is 0 Å². The molecule has 0 aliphatic carbocycles. The number of methoxy groups -OCH3 is 1. The SMILES string of the molecule is CNC(CC(=O)OC)c1ccc2c(c1)nc(C)n2C. The van der Waals surface area contributed by atoms with Gasteiger partial charge in [-0.1, -0.05) is 6.07 Å². The second kappa shape index (κ2) is 5.40. The molecule has 0 saturated heterocycles. The zero-order valence-corrected chi connectivity index (χ0v) is 11.7. The number of ether oxygens (including phenoxy) is 1. The Morgan fingerprint density at radius 2 is 2.26 bits per heavy atom. The lowest BCUT2D eigenvalue weighted by atomic mass is 10.0. The fourth-order valence-corrected chi connectivity index (χ4v) is 2.19. The monoisotopic (exact) mass is 261 g/mol. The van der Waals surface area contributed by atoms with E-state index in [0.717, 1.165) is 22.4 Å². The number of fused-ring (bicyclic) bond motifs is 1. The second-order valence-corrected chi connectivity index (χ2v) is 4.59. The first-order valence-corrected chi connectivity index (χ1v) is 6.24. The summed E-state index contributed by atoms with van der Waals surface area (Å²) in [4.78, 5) is 15.9. The van der Waals surface area contributed by atoms with Crippen molar-refractivity contribution in [2.45, 2.75) is 19.4 Å². The van der Waals surface area contributed by atoms with Crippen LogP contribution < -0.4 is 5.32 Å². The van der Waals surface area contributed by atoms with Crippen LogP contribution in [0.5, 0.6) is 0 Å². The van der Waals surface area contributed by atoms with Gasteiger partial charge in [0.05, 0.1) is 24.6 Å². The molecule has 5 heteroatoms. The van der Waals surface area contributed by atoms with Crippen LogP contribution in [0.15, 0.2) is 18.2 Å². The summed E-state index contributed by atoms with van der Waals surface area (Å²) in [6.07, 6.45) is 0.310. The predicted molar refractivity (Wildman–Crippen MR) is 73.9 cm³/mol. The van der Waals surface area contributed by atoms with Crippen LogP contribution >= 0.6 is 0 Å². The van der Waals surface area contributed by atoms with Gasteiger partial charge in [-0.3, -0.25) is 4.79 Å². The summed E-state index contributed by atoms with van der Waals surface area (Å²) in [6, 6.07) is 6.02. The van der Waals surface area contributed by atoms with Gasteiger partial charge in [0, 0.05) is 13.1 Å². The molecule has 0 aliphatic heterocycles. The molecule has 1 atom stereocenters. The second-order valence-electron chi connectivity index (χ2n) is 4.59. The molecule has 0 spiro atoms. The minimum absolute atomic E-state index is 0.0563. The summed E-state index contributed by atoms with van der Waals surface area (Å²) < 4.78 is 6.77. The fraction of sp³-hybridized carbons (Fsp3) is 0.429. The Bertz CT molecular complexity index is 604. The molecule has 0 aliphatic rings. The van der Waals surface area contributed by atoms with Crippen molar-refractivity contribution in [3.8, 4) is 0 Å². The number of imidazole rings is 1. The van der Waals surface area contributed by atoms with Gasteiger partial charge < -0.3 is 14.6 Å². The number of hydrogen-bond donors (Lipinski definition) is 1. The number of aromatic nitrogens is 2. The van der Waals surface area contributed by atoms with Gasteiger partial charge in [0.1, 0.15) is 5.82 Å². The highest BCUT2D eigenvalue weighted by atomic mass is 16.5. The van der Waals surface area contributed by atoms with Crippen molar-refractivity contribution in [3.63, 3.8) is 0 Å². The average molecular weight is 261 g/mol. The van der Waals surface area contributed by atoms with Crippen LogP contribution in [0.25, 0.3) is 11.0 Å². The number of nitrogens with zero attached hydrogens (tertiary/aromatic N) is 2.